The molecule has 1 saturated heterocycles. The summed E-state index contributed by atoms with van der Waals surface area (Å²) in [4.78, 5) is 25.3. The molecule has 2 aromatic carbocycles. The number of nitrogen functional groups attached to an aromatic ring is 1. The molecule has 11 heteroatoms. The Morgan fingerprint density at radius 2 is 1.73 bits per heavy atom. The van der Waals surface area contributed by atoms with Crippen LogP contribution in [0.15, 0.2) is 48.8 Å². The van der Waals surface area contributed by atoms with E-state index in [0.717, 1.165) is 37.6 Å². The molecule has 172 valence electrons. The summed E-state index contributed by atoms with van der Waals surface area (Å²) in [5, 5.41) is 0.689. The predicted molar refractivity (Wildman–Crippen MR) is 131 cm³/mol. The monoisotopic (exact) mass is 487 g/mol. The largest absolute Gasteiger partial charge is 0.497 e. The van der Waals surface area contributed by atoms with Crippen molar-refractivity contribution in [3.05, 3.63) is 64.4 Å². The van der Waals surface area contributed by atoms with Gasteiger partial charge < -0.3 is 20.3 Å². The van der Waals surface area contributed by atoms with E-state index in [-0.39, 0.29) is 10.6 Å². The Hall–Kier alpha value is -3.43. The second kappa shape index (κ2) is 10.0. The number of amides is 1. The first-order valence-corrected chi connectivity index (χ1v) is 11.0. The van der Waals surface area contributed by atoms with Crippen LogP contribution in [0.5, 0.6) is 5.75 Å². The number of rotatable bonds is 6. The van der Waals surface area contributed by atoms with Gasteiger partial charge in [0.15, 0.2) is 11.6 Å². The van der Waals surface area contributed by atoms with Gasteiger partial charge in [-0.1, -0.05) is 23.2 Å². The SMILES string of the molecule is COc1ccc(N2CCN(c3ncnc(NNC(=O)c4ccc(Cl)cc4Cl)c3N)CC2)cc1. The van der Waals surface area contributed by atoms with E-state index >= 15 is 0 Å². The molecule has 0 unspecified atom stereocenters. The predicted octanol–water partition coefficient (Wildman–Crippen LogP) is 3.46. The highest BCUT2D eigenvalue weighted by molar-refractivity contribution is 6.36. The van der Waals surface area contributed by atoms with Gasteiger partial charge in [0.05, 0.1) is 17.7 Å². The first-order chi connectivity index (χ1) is 16.0. The van der Waals surface area contributed by atoms with E-state index in [0.29, 0.717) is 22.3 Å². The van der Waals surface area contributed by atoms with Crippen LogP contribution < -0.4 is 31.1 Å². The molecule has 0 atom stereocenters. The Balaban J connectivity index is 1.39. The van der Waals surface area contributed by atoms with Gasteiger partial charge in [-0.05, 0) is 42.5 Å². The van der Waals surface area contributed by atoms with Crippen LogP contribution >= 0.6 is 23.2 Å². The number of halogens is 2. The molecule has 0 bridgehead atoms. The molecule has 9 nitrogen and oxygen atoms in total. The summed E-state index contributed by atoms with van der Waals surface area (Å²) in [5.74, 6) is 1.30. The van der Waals surface area contributed by atoms with E-state index in [4.69, 9.17) is 33.7 Å². The molecule has 0 spiro atoms. The number of hydrazine groups is 1. The van der Waals surface area contributed by atoms with Crippen LogP contribution in [0, 0.1) is 0 Å². The molecule has 0 aliphatic carbocycles. The molecule has 1 aromatic heterocycles. The lowest BCUT2D eigenvalue weighted by molar-refractivity contribution is 0.0962. The minimum absolute atomic E-state index is 0.243. The zero-order valence-electron chi connectivity index (χ0n) is 17.9. The maximum absolute atomic E-state index is 12.5. The van der Waals surface area contributed by atoms with Gasteiger partial charge in [0, 0.05) is 36.9 Å². The average Bonchev–Trinajstić information content (AvgIpc) is 2.83. The van der Waals surface area contributed by atoms with Crippen molar-refractivity contribution < 1.29 is 9.53 Å². The quantitative estimate of drug-likeness (QED) is 0.453. The number of nitrogens with one attached hydrogen (secondary N) is 2. The number of piperazine rings is 1. The van der Waals surface area contributed by atoms with Gasteiger partial charge in [-0.15, -0.1) is 0 Å². The van der Waals surface area contributed by atoms with E-state index in [9.17, 15) is 4.79 Å². The highest BCUT2D eigenvalue weighted by Crippen LogP contribution is 2.28. The van der Waals surface area contributed by atoms with Gasteiger partial charge in [0.2, 0.25) is 0 Å². The summed E-state index contributed by atoms with van der Waals surface area (Å²) >= 11 is 12.0. The van der Waals surface area contributed by atoms with E-state index in [1.165, 1.54) is 12.4 Å². The lowest BCUT2D eigenvalue weighted by Gasteiger charge is -2.37. The minimum Gasteiger partial charge on any atom is -0.497 e. The number of carbonyl (C=O) groups excluding carboxylic acids is 1. The Morgan fingerprint density at radius 1 is 1.03 bits per heavy atom. The van der Waals surface area contributed by atoms with Crippen LogP contribution in [-0.2, 0) is 0 Å². The van der Waals surface area contributed by atoms with Gasteiger partial charge >= 0.3 is 0 Å². The van der Waals surface area contributed by atoms with Crippen molar-refractivity contribution in [2.45, 2.75) is 0 Å². The van der Waals surface area contributed by atoms with Crippen LogP contribution in [-0.4, -0.2) is 49.2 Å². The molecule has 1 fully saturated rings. The number of carbonyl (C=O) groups is 1. The smallest absolute Gasteiger partial charge is 0.271 e. The van der Waals surface area contributed by atoms with E-state index in [1.54, 1.807) is 19.2 Å². The molecule has 4 N–H and O–H groups in total. The summed E-state index contributed by atoms with van der Waals surface area (Å²) in [5.41, 5.74) is 13.4. The first-order valence-electron chi connectivity index (χ1n) is 10.2. The van der Waals surface area contributed by atoms with Crippen molar-refractivity contribution in [3.8, 4) is 5.75 Å². The molecule has 4 rings (SSSR count). The third kappa shape index (κ3) is 5.15. The summed E-state index contributed by atoms with van der Waals surface area (Å²) in [6.07, 6.45) is 1.41. The Morgan fingerprint density at radius 3 is 2.39 bits per heavy atom. The maximum Gasteiger partial charge on any atom is 0.271 e. The topological polar surface area (TPSA) is 109 Å². The third-order valence-corrected chi connectivity index (χ3v) is 5.90. The Labute approximate surface area is 201 Å². The normalized spacial score (nSPS) is 13.5. The number of aromatic nitrogens is 2. The molecular formula is C22H23Cl2N7O2. The van der Waals surface area contributed by atoms with Crippen molar-refractivity contribution in [3.63, 3.8) is 0 Å². The highest BCUT2D eigenvalue weighted by atomic mass is 35.5. The number of nitrogens with zero attached hydrogens (tertiary/aromatic N) is 4. The number of ether oxygens (including phenoxy) is 1. The van der Waals surface area contributed by atoms with Gasteiger partial charge in [0.25, 0.3) is 5.91 Å². The minimum atomic E-state index is -0.440. The van der Waals surface area contributed by atoms with Gasteiger partial charge in [-0.3, -0.25) is 15.6 Å². The van der Waals surface area contributed by atoms with Crippen LogP contribution in [0.2, 0.25) is 10.0 Å². The van der Waals surface area contributed by atoms with Crippen LogP contribution in [0.25, 0.3) is 0 Å². The lowest BCUT2D eigenvalue weighted by Crippen LogP contribution is -2.47. The van der Waals surface area contributed by atoms with Gasteiger partial charge in [0.1, 0.15) is 17.8 Å². The Kier molecular flexibility index (Phi) is 6.90. The van der Waals surface area contributed by atoms with E-state index < -0.39 is 5.91 Å². The number of methoxy groups -OCH3 is 1. The molecule has 1 aliphatic heterocycles. The molecule has 1 amide bonds. The molecular weight excluding hydrogens is 465 g/mol. The number of benzene rings is 2. The Bertz CT molecular complexity index is 1140. The molecule has 2 heterocycles. The fraction of sp³-hybridized carbons (Fsp3) is 0.227. The summed E-state index contributed by atoms with van der Waals surface area (Å²) in [7, 11) is 1.65. The molecule has 3 aromatic rings. The van der Waals surface area contributed by atoms with Crippen molar-refractivity contribution in [1.29, 1.82) is 0 Å². The maximum atomic E-state index is 12.5. The molecule has 0 saturated carbocycles. The number of hydrogen-bond donors (Lipinski definition) is 3. The second-order valence-electron chi connectivity index (χ2n) is 7.33. The van der Waals surface area contributed by atoms with Crippen LogP contribution in [0.3, 0.4) is 0 Å². The van der Waals surface area contributed by atoms with E-state index in [2.05, 4.69) is 30.6 Å². The van der Waals surface area contributed by atoms with Gasteiger partial charge in [-0.2, -0.15) is 0 Å². The number of hydrogen-bond acceptors (Lipinski definition) is 8. The zero-order valence-corrected chi connectivity index (χ0v) is 19.4. The highest BCUT2D eigenvalue weighted by Gasteiger charge is 2.22. The first kappa shape index (κ1) is 22.8. The van der Waals surface area contributed by atoms with Crippen LogP contribution in [0.1, 0.15) is 10.4 Å². The fourth-order valence-corrected chi connectivity index (χ4v) is 4.06. The van der Waals surface area contributed by atoms with Crippen molar-refractivity contribution in [1.82, 2.24) is 15.4 Å². The summed E-state index contributed by atoms with van der Waals surface area (Å²) < 4.78 is 5.23. The third-order valence-electron chi connectivity index (χ3n) is 5.35. The molecule has 33 heavy (non-hydrogen) atoms. The molecule has 0 radical (unpaired) electrons. The standard InChI is InChI=1S/C22H23Cl2N7O2/c1-33-16-5-3-15(4-6-16)30-8-10-31(11-9-30)21-19(25)20(26-13-27-21)28-29-22(32)17-7-2-14(23)12-18(17)24/h2-7,12-13H,8-11,25H2,1H3,(H,29,32)(H,26,27,28). The summed E-state index contributed by atoms with van der Waals surface area (Å²) in [6.45, 7) is 3.09. The fourth-order valence-electron chi connectivity index (χ4n) is 3.56. The van der Waals surface area contributed by atoms with Crippen LogP contribution in [0.4, 0.5) is 23.0 Å². The average molecular weight is 488 g/mol. The zero-order chi connectivity index (χ0) is 23.4. The lowest BCUT2D eigenvalue weighted by atomic mass is 10.2. The number of anilines is 4. The summed E-state index contributed by atoms with van der Waals surface area (Å²) in [6, 6.07) is 12.6. The van der Waals surface area contributed by atoms with Crippen molar-refractivity contribution in [2.75, 3.05) is 54.2 Å². The van der Waals surface area contributed by atoms with Crippen molar-refractivity contribution in [2.24, 2.45) is 0 Å². The van der Waals surface area contributed by atoms with E-state index in [1.807, 2.05) is 24.3 Å². The molecule has 1 aliphatic rings. The second-order valence-corrected chi connectivity index (χ2v) is 8.18. The van der Waals surface area contributed by atoms with Crippen molar-refractivity contribution >= 4 is 52.1 Å². The van der Waals surface area contributed by atoms with Gasteiger partial charge in [-0.25, -0.2) is 9.97 Å². The number of nitrogens with two attached hydrogens (primary N) is 1.